The number of fused-ring (bicyclic) bond motifs is 2. The maximum Gasteiger partial charge on any atom is 0.176 e. The van der Waals surface area contributed by atoms with Gasteiger partial charge >= 0.3 is 0 Å². The van der Waals surface area contributed by atoms with Crippen LogP contribution in [0, 0.1) is 11.8 Å². The summed E-state index contributed by atoms with van der Waals surface area (Å²) in [5, 5.41) is 16.6. The lowest BCUT2D eigenvalue weighted by molar-refractivity contribution is 0.145. The number of hydrogen-bond acceptors (Lipinski definition) is 1. The molecule has 0 radical (unpaired) electrons. The third-order valence-corrected chi connectivity index (χ3v) is 6.08. The van der Waals surface area contributed by atoms with E-state index in [2.05, 4.69) is 73.4 Å². The van der Waals surface area contributed by atoms with Gasteiger partial charge in [0.15, 0.2) is 5.60 Å². The van der Waals surface area contributed by atoms with Gasteiger partial charge < -0.3 is 5.11 Å². The Morgan fingerprint density at radius 3 is 1.69 bits per heavy atom. The Morgan fingerprint density at radius 2 is 1.09 bits per heavy atom. The van der Waals surface area contributed by atoms with Crippen LogP contribution in [-0.4, -0.2) is 5.11 Å². The van der Waals surface area contributed by atoms with E-state index >= 15 is 0 Å². The average molecular weight is 413 g/mol. The Bertz CT molecular complexity index is 1400. The standard InChI is InChI=1S/C31H24O/c1-23(24-16-17-27-21-25-10-8-9-11-26(25)22-28(27)20-24)18-19-31(32,29-12-4-2-5-13-29)30-14-6-3-7-15-30/h2-17,20-23,32H,1H3/t23-/m1/s1. The van der Waals surface area contributed by atoms with Crippen LogP contribution in [0.5, 0.6) is 0 Å². The topological polar surface area (TPSA) is 20.2 Å². The second-order valence-corrected chi connectivity index (χ2v) is 8.24. The van der Waals surface area contributed by atoms with Gasteiger partial charge in [-0.1, -0.05) is 109 Å². The zero-order valence-electron chi connectivity index (χ0n) is 18.0. The molecule has 154 valence electrons. The summed E-state index contributed by atoms with van der Waals surface area (Å²) in [6.45, 7) is 2.09. The van der Waals surface area contributed by atoms with E-state index < -0.39 is 5.60 Å². The van der Waals surface area contributed by atoms with Crippen molar-refractivity contribution >= 4 is 21.5 Å². The molecule has 0 saturated carbocycles. The highest BCUT2D eigenvalue weighted by Crippen LogP contribution is 2.30. The highest BCUT2D eigenvalue weighted by atomic mass is 16.3. The van der Waals surface area contributed by atoms with E-state index in [-0.39, 0.29) is 5.92 Å². The van der Waals surface area contributed by atoms with Gasteiger partial charge in [-0.2, -0.15) is 0 Å². The normalized spacial score (nSPS) is 12.3. The van der Waals surface area contributed by atoms with Crippen molar-refractivity contribution in [3.8, 4) is 11.8 Å². The van der Waals surface area contributed by atoms with Crippen molar-refractivity contribution in [2.24, 2.45) is 0 Å². The monoisotopic (exact) mass is 412 g/mol. The van der Waals surface area contributed by atoms with E-state index in [1.165, 1.54) is 21.5 Å². The first-order valence-corrected chi connectivity index (χ1v) is 10.9. The van der Waals surface area contributed by atoms with Crippen molar-refractivity contribution in [2.45, 2.75) is 18.4 Å². The molecule has 5 aromatic carbocycles. The SMILES string of the molecule is C[C@H](C#CC(O)(c1ccccc1)c1ccccc1)c1ccc2cc3ccccc3cc2c1. The average Bonchev–Trinajstić information content (AvgIpc) is 2.86. The zero-order valence-corrected chi connectivity index (χ0v) is 18.0. The molecule has 1 nitrogen and oxygen atoms in total. The molecule has 0 heterocycles. The molecule has 0 aliphatic rings. The van der Waals surface area contributed by atoms with Crippen molar-refractivity contribution in [2.75, 3.05) is 0 Å². The minimum Gasteiger partial charge on any atom is -0.369 e. The zero-order chi connectivity index (χ0) is 22.0. The Hall–Kier alpha value is -3.86. The van der Waals surface area contributed by atoms with Crippen molar-refractivity contribution in [3.05, 3.63) is 132 Å². The van der Waals surface area contributed by atoms with E-state index in [0.717, 1.165) is 16.7 Å². The number of hydrogen-bond donors (Lipinski definition) is 1. The predicted octanol–water partition coefficient (Wildman–Crippen LogP) is 7.04. The van der Waals surface area contributed by atoms with Crippen LogP contribution in [0.1, 0.15) is 29.5 Å². The van der Waals surface area contributed by atoms with Crippen LogP contribution in [0.4, 0.5) is 0 Å². The Balaban J connectivity index is 1.54. The van der Waals surface area contributed by atoms with Crippen LogP contribution in [0.2, 0.25) is 0 Å². The Kier molecular flexibility index (Phi) is 5.23. The molecule has 0 amide bonds. The molecule has 0 saturated heterocycles. The second kappa shape index (κ2) is 8.35. The fraction of sp³-hybridized carbons (Fsp3) is 0.0968. The van der Waals surface area contributed by atoms with Gasteiger partial charge in [0.1, 0.15) is 0 Å². The van der Waals surface area contributed by atoms with Crippen LogP contribution in [0.3, 0.4) is 0 Å². The third-order valence-electron chi connectivity index (χ3n) is 6.08. The van der Waals surface area contributed by atoms with Crippen LogP contribution in [0.15, 0.2) is 115 Å². The molecule has 0 bridgehead atoms. The van der Waals surface area contributed by atoms with Gasteiger partial charge in [0.25, 0.3) is 0 Å². The summed E-state index contributed by atoms with van der Waals surface area (Å²) in [7, 11) is 0. The molecule has 0 aliphatic carbocycles. The number of benzene rings is 5. The molecule has 0 fully saturated rings. The van der Waals surface area contributed by atoms with E-state index in [0.29, 0.717) is 0 Å². The summed E-state index contributed by atoms with van der Waals surface area (Å²) < 4.78 is 0. The minimum atomic E-state index is -1.36. The molecular formula is C31H24O. The number of rotatable bonds is 3. The van der Waals surface area contributed by atoms with Crippen LogP contribution in [0.25, 0.3) is 21.5 Å². The highest BCUT2D eigenvalue weighted by molar-refractivity contribution is 5.98. The molecule has 1 atom stereocenters. The maximum atomic E-state index is 11.7. The van der Waals surface area contributed by atoms with Gasteiger partial charge in [-0.05, 0) is 52.2 Å². The van der Waals surface area contributed by atoms with E-state index in [1.807, 2.05) is 60.7 Å². The maximum absolute atomic E-state index is 11.7. The van der Waals surface area contributed by atoms with Crippen molar-refractivity contribution < 1.29 is 5.11 Å². The number of aliphatic hydroxyl groups is 1. The van der Waals surface area contributed by atoms with Gasteiger partial charge in [0.05, 0.1) is 0 Å². The summed E-state index contributed by atoms with van der Waals surface area (Å²) in [6, 6.07) is 38.7. The summed E-state index contributed by atoms with van der Waals surface area (Å²) in [5.74, 6) is 6.53. The lowest BCUT2D eigenvalue weighted by atomic mass is 9.86. The van der Waals surface area contributed by atoms with Crippen LogP contribution < -0.4 is 0 Å². The first-order chi connectivity index (χ1) is 15.6. The lowest BCUT2D eigenvalue weighted by Gasteiger charge is -2.24. The molecule has 1 heteroatoms. The summed E-state index contributed by atoms with van der Waals surface area (Å²) in [6.07, 6.45) is 0. The Morgan fingerprint density at radius 1 is 0.594 bits per heavy atom. The first kappa shape index (κ1) is 20.1. The van der Waals surface area contributed by atoms with Gasteiger partial charge in [0.2, 0.25) is 0 Å². The molecule has 0 spiro atoms. The molecular weight excluding hydrogens is 388 g/mol. The fourth-order valence-corrected chi connectivity index (χ4v) is 4.19. The minimum absolute atomic E-state index is 0.0233. The smallest absolute Gasteiger partial charge is 0.176 e. The summed E-state index contributed by atoms with van der Waals surface area (Å²) in [4.78, 5) is 0. The van der Waals surface area contributed by atoms with E-state index in [4.69, 9.17) is 0 Å². The third kappa shape index (κ3) is 3.78. The predicted molar refractivity (Wildman–Crippen MR) is 134 cm³/mol. The van der Waals surface area contributed by atoms with Gasteiger partial charge in [-0.25, -0.2) is 0 Å². The van der Waals surface area contributed by atoms with Gasteiger partial charge in [-0.3, -0.25) is 0 Å². The van der Waals surface area contributed by atoms with Gasteiger partial charge in [-0.15, -0.1) is 0 Å². The molecule has 0 aliphatic heterocycles. The van der Waals surface area contributed by atoms with Gasteiger partial charge in [0, 0.05) is 17.0 Å². The van der Waals surface area contributed by atoms with Crippen LogP contribution >= 0.6 is 0 Å². The van der Waals surface area contributed by atoms with Crippen molar-refractivity contribution in [3.63, 3.8) is 0 Å². The molecule has 0 aromatic heterocycles. The molecule has 5 aromatic rings. The Labute approximate surface area is 189 Å². The molecule has 5 rings (SSSR count). The summed E-state index contributed by atoms with van der Waals surface area (Å²) in [5.41, 5.74) is 1.33. The largest absolute Gasteiger partial charge is 0.369 e. The van der Waals surface area contributed by atoms with E-state index in [9.17, 15) is 5.11 Å². The highest BCUT2D eigenvalue weighted by Gasteiger charge is 2.29. The second-order valence-electron chi connectivity index (χ2n) is 8.24. The van der Waals surface area contributed by atoms with Crippen LogP contribution in [-0.2, 0) is 5.60 Å². The van der Waals surface area contributed by atoms with Crippen molar-refractivity contribution in [1.29, 1.82) is 0 Å². The lowest BCUT2D eigenvalue weighted by Crippen LogP contribution is -2.25. The molecule has 32 heavy (non-hydrogen) atoms. The molecule has 1 N–H and O–H groups in total. The van der Waals surface area contributed by atoms with E-state index in [1.54, 1.807) is 0 Å². The first-order valence-electron chi connectivity index (χ1n) is 10.9. The molecule has 0 unspecified atom stereocenters. The quantitative estimate of drug-likeness (QED) is 0.249. The summed E-state index contributed by atoms with van der Waals surface area (Å²) >= 11 is 0. The van der Waals surface area contributed by atoms with Crippen molar-refractivity contribution in [1.82, 2.24) is 0 Å². The fourth-order valence-electron chi connectivity index (χ4n) is 4.19.